The zero-order chi connectivity index (χ0) is 53.2. The first-order chi connectivity index (χ1) is 34.5. The number of esters is 2. The number of hydrogen-bond acceptors (Lipinski definition) is 9. The number of amides is 1. The molecule has 0 aliphatic heterocycles. The van der Waals surface area contributed by atoms with Crippen LogP contribution in [0, 0.1) is 49.4 Å². The molecule has 4 aromatic heterocycles. The number of nitrogens with two attached hydrogens (primary N) is 1. The van der Waals surface area contributed by atoms with Gasteiger partial charge in [-0.15, -0.1) is 37.2 Å². The van der Waals surface area contributed by atoms with Crippen molar-refractivity contribution in [2.45, 2.75) is 133 Å². The average molecular weight is 1110 g/mol. The molecule has 2 aliphatic rings. The van der Waals surface area contributed by atoms with Gasteiger partial charge in [0, 0.05) is 99.2 Å². The van der Waals surface area contributed by atoms with E-state index in [0.29, 0.717) is 13.1 Å². The van der Waals surface area contributed by atoms with Gasteiger partial charge < -0.3 is 34.4 Å². The first kappa shape index (κ1) is 62.9. The number of rotatable bonds is 15. The predicted octanol–water partition coefficient (Wildman–Crippen LogP) is 9.46. The summed E-state index contributed by atoms with van der Waals surface area (Å²) in [7, 11) is 4.08. The number of Topliss-reactive ketones (excluding diaryl/α,β-unsaturated/α-hetero) is 2. The second-order valence-electron chi connectivity index (χ2n) is 21.7. The highest BCUT2D eigenvalue weighted by Crippen LogP contribution is 2.36. The topological polar surface area (TPSA) is 179 Å². The summed E-state index contributed by atoms with van der Waals surface area (Å²) >= 11 is 0. The van der Waals surface area contributed by atoms with Gasteiger partial charge in [-0.25, -0.2) is 13.9 Å². The van der Waals surface area contributed by atoms with Crippen molar-refractivity contribution >= 4 is 88.6 Å². The van der Waals surface area contributed by atoms with E-state index >= 15 is 0 Å². The molecule has 16 nitrogen and oxygen atoms in total. The fraction of sp³-hybridized carbons (Fsp3) is 0.526. The molecule has 0 fully saturated rings. The molecule has 3 N–H and O–H groups in total. The van der Waals surface area contributed by atoms with Gasteiger partial charge in [0.25, 0.3) is 11.6 Å². The number of imidazole rings is 2. The quantitative estimate of drug-likeness (QED) is 0.0576. The van der Waals surface area contributed by atoms with Gasteiger partial charge in [-0.05, 0) is 70.4 Å². The van der Waals surface area contributed by atoms with Gasteiger partial charge in [-0.2, -0.15) is 9.13 Å². The molecular weight excluding hydrogens is 1030 g/mol. The molecule has 76 heavy (non-hydrogen) atoms. The van der Waals surface area contributed by atoms with Crippen LogP contribution in [0.4, 0.5) is 4.79 Å². The lowest BCUT2D eigenvalue weighted by molar-refractivity contribution is -0.707. The van der Waals surface area contributed by atoms with Crippen molar-refractivity contribution < 1.29 is 47.3 Å². The Morgan fingerprint density at radius 2 is 1.07 bits per heavy atom. The van der Waals surface area contributed by atoms with Gasteiger partial charge in [0.05, 0.1) is 23.7 Å². The fourth-order valence-corrected chi connectivity index (χ4v) is 10.7. The first-order valence-electron chi connectivity index (χ1n) is 25.9. The van der Waals surface area contributed by atoms with Gasteiger partial charge in [0.1, 0.15) is 43.5 Å². The third kappa shape index (κ3) is 13.3. The minimum Gasteiger partial charge on any atom is -0.444 e. The average Bonchev–Trinajstić information content (AvgIpc) is 4.05. The van der Waals surface area contributed by atoms with Crippen LogP contribution >= 0.6 is 37.2 Å². The Kier molecular flexibility index (Phi) is 21.6. The zero-order valence-corrected chi connectivity index (χ0v) is 48.9. The zero-order valence-electron chi connectivity index (χ0n) is 46.5. The summed E-state index contributed by atoms with van der Waals surface area (Å²) < 4.78 is 29.1. The van der Waals surface area contributed by atoms with Crippen molar-refractivity contribution in [3.05, 3.63) is 107 Å². The van der Waals surface area contributed by atoms with E-state index < -0.39 is 30.1 Å². The van der Waals surface area contributed by atoms with Crippen molar-refractivity contribution in [3.63, 3.8) is 0 Å². The monoisotopic (exact) mass is 1110 g/mol. The molecule has 19 heteroatoms. The summed E-state index contributed by atoms with van der Waals surface area (Å²) in [6, 6.07) is 16.2. The predicted molar refractivity (Wildman–Crippen MR) is 300 cm³/mol. The normalized spacial score (nSPS) is 16.7. The Hall–Kier alpha value is -5.68. The minimum absolute atomic E-state index is 0. The van der Waals surface area contributed by atoms with Crippen molar-refractivity contribution in [1.29, 1.82) is 0 Å². The van der Waals surface area contributed by atoms with Crippen LogP contribution in [-0.2, 0) is 63.8 Å². The highest BCUT2D eigenvalue weighted by Gasteiger charge is 2.37. The number of carbonyl (C=O) groups excluding carboxylic acids is 5. The molecule has 6 aromatic rings. The van der Waals surface area contributed by atoms with Crippen LogP contribution in [0.3, 0.4) is 0 Å². The van der Waals surface area contributed by atoms with Gasteiger partial charge in [0.2, 0.25) is 12.5 Å². The molecule has 2 aromatic carbocycles. The summed E-state index contributed by atoms with van der Waals surface area (Å²) in [5, 5.41) is 4.76. The van der Waals surface area contributed by atoms with Crippen LogP contribution in [0.2, 0.25) is 0 Å². The van der Waals surface area contributed by atoms with Crippen LogP contribution in [0.25, 0.3) is 21.8 Å². The molecular formula is C57H81Cl3N8O8+2. The van der Waals surface area contributed by atoms with Gasteiger partial charge in [0.15, 0.2) is 11.6 Å². The van der Waals surface area contributed by atoms with E-state index in [1.165, 1.54) is 0 Å². The molecule has 0 radical (unpaired) electrons. The number of halogens is 3. The maximum atomic E-state index is 13.6. The molecule has 2 aliphatic carbocycles. The number of para-hydroxylation sites is 2. The number of alkyl carbamates (subject to hydrolysis) is 1. The van der Waals surface area contributed by atoms with E-state index in [9.17, 15) is 24.0 Å². The van der Waals surface area contributed by atoms with Gasteiger partial charge in [-0.3, -0.25) is 19.2 Å². The van der Waals surface area contributed by atoms with Crippen LogP contribution in [0.5, 0.6) is 0 Å². The summed E-state index contributed by atoms with van der Waals surface area (Å²) in [5.41, 5.74) is 11.3. The van der Waals surface area contributed by atoms with Crippen LogP contribution in [-0.4, -0.2) is 66.6 Å². The van der Waals surface area contributed by atoms with E-state index in [2.05, 4.69) is 35.7 Å². The maximum absolute atomic E-state index is 13.6. The van der Waals surface area contributed by atoms with Gasteiger partial charge >= 0.3 is 18.0 Å². The second kappa shape index (κ2) is 26.1. The summed E-state index contributed by atoms with van der Waals surface area (Å²) in [5.74, 6) is 0.633. The van der Waals surface area contributed by atoms with Crippen LogP contribution in [0.15, 0.2) is 73.3 Å². The van der Waals surface area contributed by atoms with Crippen LogP contribution < -0.4 is 20.2 Å². The lowest BCUT2D eigenvalue weighted by atomic mass is 9.85. The number of nitrogens with one attached hydrogen (secondary N) is 1. The molecule has 6 atom stereocenters. The number of hydrogen-bond donors (Lipinski definition) is 2. The number of carbonyl (C=O) groups is 5. The number of fused-ring (bicyclic) bond motifs is 6. The molecule has 416 valence electrons. The van der Waals surface area contributed by atoms with Crippen molar-refractivity contribution in [1.82, 2.24) is 23.6 Å². The summed E-state index contributed by atoms with van der Waals surface area (Å²) in [6.07, 6.45) is 9.51. The Bertz CT molecular complexity index is 3020. The van der Waals surface area contributed by atoms with Crippen molar-refractivity contribution in [2.24, 2.45) is 55.3 Å². The largest absolute Gasteiger partial charge is 0.444 e. The Morgan fingerprint density at radius 3 is 1.45 bits per heavy atom. The number of ketones is 2. The number of aromatic nitrogens is 6. The molecule has 6 unspecified atom stereocenters. The van der Waals surface area contributed by atoms with E-state index in [0.717, 1.165) is 81.7 Å². The second-order valence-corrected chi connectivity index (χ2v) is 21.7. The molecule has 0 spiro atoms. The number of benzene rings is 2. The minimum atomic E-state index is -0.618. The van der Waals surface area contributed by atoms with Crippen molar-refractivity contribution in [3.8, 4) is 0 Å². The van der Waals surface area contributed by atoms with E-state index in [1.807, 2.05) is 140 Å². The lowest BCUT2D eigenvalue weighted by Crippen LogP contribution is -2.43. The Morgan fingerprint density at radius 1 is 0.671 bits per heavy atom. The summed E-state index contributed by atoms with van der Waals surface area (Å²) in [6.45, 7) is 22.4. The van der Waals surface area contributed by atoms with Gasteiger partial charge in [-0.1, -0.05) is 64.1 Å². The Balaban J connectivity index is 0.000000321. The van der Waals surface area contributed by atoms with Crippen LogP contribution in [0.1, 0.15) is 131 Å². The molecule has 4 heterocycles. The molecule has 8 rings (SSSR count). The number of aryl methyl sites for hydroxylation is 2. The molecule has 0 bridgehead atoms. The smallest absolute Gasteiger partial charge is 0.407 e. The summed E-state index contributed by atoms with van der Waals surface area (Å²) in [4.78, 5) is 64.9. The Labute approximate surface area is 466 Å². The number of nitrogens with zero attached hydrogens (tertiary/aromatic N) is 6. The third-order valence-electron chi connectivity index (χ3n) is 15.1. The highest BCUT2D eigenvalue weighted by atomic mass is 35.5. The standard InChI is InChI=1S/C31H42N4O5.C26H35N4O3.3ClH/c1-19(2)24(17-32-30(38)40-31(5,6)7)29(37)39-21(4)35-16-15-34(20(35)3)18-22-13-14-26-27(28(22)36)23-11-9-10-12-25(23)33(26)8;1-16(2)21(14-27)26(32)33-18(4)30-13-12-29(17(30)3)15-19-10-11-23-24(25(19)31)20-8-6-7-9-22(20)28(23)5;;;/h9-12,15-16,19,21-22,24H,13-14,17-18H2,1-8H3;6-9,12-13,16,18-19,21H,10-11,14-15,27H2,1-5H3;3*1H/q;+1;;;/p+1. The molecule has 1 amide bonds. The highest BCUT2D eigenvalue weighted by molar-refractivity contribution is 6.12. The maximum Gasteiger partial charge on any atom is 0.407 e. The fourth-order valence-electron chi connectivity index (χ4n) is 10.7. The van der Waals surface area contributed by atoms with Crippen molar-refractivity contribution in [2.75, 3.05) is 13.1 Å². The lowest BCUT2D eigenvalue weighted by Gasteiger charge is -2.24. The SMILES string of the molecule is Cc1n(C(C)OC(=O)C(CN)C(C)C)cc[n+]1CC1CCc2c(c3ccccc3n2C)C1=O.Cc1n(C(C)OC(=O)C(CNC(=O)OC(C)(C)C)C(C)C)cc[n+]1CC1CCc2c(c3ccccc3n2C)C1=O.Cl.Cl.Cl. The first-order valence-corrected chi connectivity index (χ1v) is 25.9. The van der Waals surface area contributed by atoms with E-state index in [4.69, 9.17) is 19.9 Å². The van der Waals surface area contributed by atoms with E-state index in [-0.39, 0.29) is 103 Å². The third-order valence-corrected chi connectivity index (χ3v) is 15.1. The number of ether oxygens (including phenoxy) is 3. The molecule has 0 saturated carbocycles. The van der Waals surface area contributed by atoms with E-state index in [1.54, 1.807) is 20.8 Å². The molecule has 0 saturated heterocycles.